The average Bonchev–Trinajstić information content (AvgIpc) is 3.42. The molecule has 0 unspecified atom stereocenters. The first-order valence-corrected chi connectivity index (χ1v) is 9.53. The lowest BCUT2D eigenvalue weighted by Crippen LogP contribution is -2.33. The second-order valence-corrected chi connectivity index (χ2v) is 7.29. The molecule has 146 valence electrons. The maximum absolute atomic E-state index is 12.7. The van der Waals surface area contributed by atoms with Gasteiger partial charge in [-0.2, -0.15) is 5.10 Å². The molecule has 1 atom stereocenters. The van der Waals surface area contributed by atoms with E-state index >= 15 is 0 Å². The Morgan fingerprint density at radius 3 is 2.86 bits per heavy atom. The van der Waals surface area contributed by atoms with Crippen molar-refractivity contribution in [1.82, 2.24) is 25.1 Å². The molecule has 5 rings (SSSR count). The number of anilines is 1. The van der Waals surface area contributed by atoms with Crippen molar-refractivity contribution in [1.29, 1.82) is 0 Å². The number of nitrogens with zero attached hydrogens (tertiary/aromatic N) is 4. The molecule has 1 saturated heterocycles. The predicted octanol–water partition coefficient (Wildman–Crippen LogP) is 2.12. The summed E-state index contributed by atoms with van der Waals surface area (Å²) in [7, 11) is 1.93. The third kappa shape index (κ3) is 2.93. The van der Waals surface area contributed by atoms with Crippen molar-refractivity contribution in [2.75, 3.05) is 11.4 Å². The summed E-state index contributed by atoms with van der Waals surface area (Å²) >= 11 is 0. The van der Waals surface area contributed by atoms with E-state index in [0.717, 1.165) is 27.8 Å². The van der Waals surface area contributed by atoms with E-state index in [9.17, 15) is 9.59 Å². The highest BCUT2D eigenvalue weighted by molar-refractivity contribution is 6.05. The minimum Gasteiger partial charge on any atom is -0.349 e. The van der Waals surface area contributed by atoms with Crippen LogP contribution in [0.3, 0.4) is 0 Å². The summed E-state index contributed by atoms with van der Waals surface area (Å²) in [6.45, 7) is 0.641. The predicted molar refractivity (Wildman–Crippen MR) is 109 cm³/mol. The summed E-state index contributed by atoms with van der Waals surface area (Å²) in [4.78, 5) is 31.4. The molecule has 1 fully saturated rings. The number of benzene rings is 2. The third-order valence-corrected chi connectivity index (χ3v) is 5.50. The summed E-state index contributed by atoms with van der Waals surface area (Å²) in [6.07, 6.45) is 0.176. The summed E-state index contributed by atoms with van der Waals surface area (Å²) in [5.74, 6) is 0.709. The molecule has 0 aliphatic carbocycles. The molecular weight excluding hydrogens is 368 g/mol. The molecule has 1 aliphatic heterocycles. The highest BCUT2D eigenvalue weighted by Gasteiger charge is 2.36. The minimum absolute atomic E-state index is 0.0925. The van der Waals surface area contributed by atoms with Gasteiger partial charge in [0, 0.05) is 25.4 Å². The molecule has 0 spiro atoms. The Labute approximate surface area is 166 Å². The summed E-state index contributed by atoms with van der Waals surface area (Å²) < 4.78 is 1.97. The van der Waals surface area contributed by atoms with Crippen LogP contribution in [0.4, 0.5) is 5.82 Å². The first kappa shape index (κ1) is 17.4. The van der Waals surface area contributed by atoms with E-state index in [1.165, 1.54) is 0 Å². The number of aromatic nitrogens is 4. The van der Waals surface area contributed by atoms with Crippen molar-refractivity contribution in [2.45, 2.75) is 13.0 Å². The number of amides is 2. The number of imidazole rings is 1. The molecule has 1 aliphatic rings. The highest BCUT2D eigenvalue weighted by atomic mass is 16.2. The Hall–Kier alpha value is -3.68. The fraction of sp³-hybridized carbons (Fsp3) is 0.238. The van der Waals surface area contributed by atoms with E-state index in [1.807, 2.05) is 60.1 Å². The molecule has 2 N–H and O–H groups in total. The Morgan fingerprint density at radius 1 is 1.21 bits per heavy atom. The maximum atomic E-state index is 12.7. The van der Waals surface area contributed by atoms with Crippen LogP contribution >= 0.6 is 0 Å². The lowest BCUT2D eigenvalue weighted by Gasteiger charge is -2.14. The van der Waals surface area contributed by atoms with E-state index in [0.29, 0.717) is 18.9 Å². The maximum Gasteiger partial charge on any atom is 0.229 e. The average molecular weight is 388 g/mol. The van der Waals surface area contributed by atoms with Crippen molar-refractivity contribution >= 4 is 39.6 Å². The van der Waals surface area contributed by atoms with Crippen LogP contribution in [0.2, 0.25) is 0 Å². The van der Waals surface area contributed by atoms with Gasteiger partial charge in [0.2, 0.25) is 11.8 Å². The van der Waals surface area contributed by atoms with E-state index in [4.69, 9.17) is 0 Å². The van der Waals surface area contributed by atoms with Crippen LogP contribution in [0.5, 0.6) is 0 Å². The molecule has 0 saturated carbocycles. The molecule has 8 nitrogen and oxygen atoms in total. The van der Waals surface area contributed by atoms with Crippen molar-refractivity contribution in [2.24, 2.45) is 13.0 Å². The zero-order chi connectivity index (χ0) is 20.0. The Morgan fingerprint density at radius 2 is 2.00 bits per heavy atom. The van der Waals surface area contributed by atoms with Crippen LogP contribution < -0.4 is 10.2 Å². The third-order valence-electron chi connectivity index (χ3n) is 5.50. The second-order valence-electron chi connectivity index (χ2n) is 7.29. The van der Waals surface area contributed by atoms with Gasteiger partial charge in [0.25, 0.3) is 0 Å². The first-order chi connectivity index (χ1) is 14.1. The SMILES string of the molecule is Cn1c(CNC(=O)[C@H]2CC(=O)N(c3n[nH]c4ccccc34)C2)nc2ccccc21. The lowest BCUT2D eigenvalue weighted by atomic mass is 10.1. The molecule has 2 aromatic carbocycles. The van der Waals surface area contributed by atoms with Gasteiger partial charge in [-0.3, -0.25) is 19.6 Å². The smallest absolute Gasteiger partial charge is 0.229 e. The number of H-pyrrole nitrogens is 1. The monoisotopic (exact) mass is 388 g/mol. The Kier molecular flexibility index (Phi) is 4.04. The molecule has 4 aromatic rings. The van der Waals surface area contributed by atoms with Gasteiger partial charge in [-0.25, -0.2) is 4.98 Å². The zero-order valence-electron chi connectivity index (χ0n) is 15.9. The molecule has 2 amide bonds. The summed E-state index contributed by atoms with van der Waals surface area (Å²) in [5, 5.41) is 11.0. The van der Waals surface area contributed by atoms with Gasteiger partial charge < -0.3 is 9.88 Å². The minimum atomic E-state index is -0.410. The number of carbonyl (C=O) groups is 2. The number of hydrogen-bond acceptors (Lipinski definition) is 4. The Bertz CT molecular complexity index is 1240. The highest BCUT2D eigenvalue weighted by Crippen LogP contribution is 2.29. The van der Waals surface area contributed by atoms with Crippen LogP contribution in [0.1, 0.15) is 12.2 Å². The number of carbonyl (C=O) groups excluding carboxylic acids is 2. The number of aromatic amines is 1. The molecule has 3 heterocycles. The first-order valence-electron chi connectivity index (χ1n) is 9.53. The van der Waals surface area contributed by atoms with Crippen molar-refractivity contribution in [3.05, 3.63) is 54.4 Å². The van der Waals surface area contributed by atoms with Crippen LogP contribution in [0.25, 0.3) is 21.9 Å². The van der Waals surface area contributed by atoms with Crippen LogP contribution in [0.15, 0.2) is 48.5 Å². The van der Waals surface area contributed by atoms with E-state index in [-0.39, 0.29) is 18.2 Å². The number of fused-ring (bicyclic) bond motifs is 2. The van der Waals surface area contributed by atoms with Gasteiger partial charge in [-0.05, 0) is 24.3 Å². The van der Waals surface area contributed by atoms with Gasteiger partial charge in [-0.1, -0.05) is 24.3 Å². The fourth-order valence-corrected chi connectivity index (χ4v) is 3.91. The van der Waals surface area contributed by atoms with Crippen LogP contribution in [0, 0.1) is 5.92 Å². The number of hydrogen-bond donors (Lipinski definition) is 2. The van der Waals surface area contributed by atoms with Crippen molar-refractivity contribution in [3.8, 4) is 0 Å². The van der Waals surface area contributed by atoms with Gasteiger partial charge in [0.1, 0.15) is 5.82 Å². The standard InChI is InChI=1S/C21H20N6O2/c1-26-17-9-5-4-8-16(17)23-18(26)11-22-21(29)13-10-19(28)27(12-13)20-14-6-2-3-7-15(14)24-25-20/h2-9,13H,10-12H2,1H3,(H,22,29)(H,24,25)/t13-/m0/s1. The van der Waals surface area contributed by atoms with E-state index in [2.05, 4.69) is 20.5 Å². The summed E-state index contributed by atoms with van der Waals surface area (Å²) in [5.41, 5.74) is 2.78. The molecule has 8 heteroatoms. The van der Waals surface area contributed by atoms with Crippen LogP contribution in [-0.2, 0) is 23.2 Å². The fourth-order valence-electron chi connectivity index (χ4n) is 3.91. The van der Waals surface area contributed by atoms with Crippen LogP contribution in [-0.4, -0.2) is 38.1 Å². The van der Waals surface area contributed by atoms with Gasteiger partial charge in [-0.15, -0.1) is 0 Å². The van der Waals surface area contributed by atoms with Crippen molar-refractivity contribution in [3.63, 3.8) is 0 Å². The largest absolute Gasteiger partial charge is 0.349 e. The Balaban J connectivity index is 1.29. The molecule has 0 radical (unpaired) electrons. The topological polar surface area (TPSA) is 95.9 Å². The number of rotatable bonds is 4. The molecule has 29 heavy (non-hydrogen) atoms. The normalized spacial score (nSPS) is 16.8. The molecule has 0 bridgehead atoms. The van der Waals surface area contributed by atoms with Crippen molar-refractivity contribution < 1.29 is 9.59 Å². The number of aryl methyl sites for hydroxylation is 1. The molecule has 2 aromatic heterocycles. The lowest BCUT2D eigenvalue weighted by molar-refractivity contribution is -0.126. The van der Waals surface area contributed by atoms with Gasteiger partial charge in [0.15, 0.2) is 5.82 Å². The van der Waals surface area contributed by atoms with Gasteiger partial charge >= 0.3 is 0 Å². The van der Waals surface area contributed by atoms with E-state index < -0.39 is 5.92 Å². The second kappa shape index (κ2) is 6.73. The van der Waals surface area contributed by atoms with Gasteiger partial charge in [0.05, 0.1) is 29.0 Å². The summed E-state index contributed by atoms with van der Waals surface area (Å²) in [6, 6.07) is 15.5. The number of nitrogens with one attached hydrogen (secondary N) is 2. The molecular formula is C21H20N6O2. The quantitative estimate of drug-likeness (QED) is 0.560. The zero-order valence-corrected chi connectivity index (χ0v) is 15.9. The van der Waals surface area contributed by atoms with E-state index in [1.54, 1.807) is 4.90 Å². The number of para-hydroxylation sites is 3.